The summed E-state index contributed by atoms with van der Waals surface area (Å²) in [6.07, 6.45) is 14.0. The van der Waals surface area contributed by atoms with Gasteiger partial charge in [-0.25, -0.2) is 18.7 Å². The second-order valence-electron chi connectivity index (χ2n) is 28.2. The highest BCUT2D eigenvalue weighted by atomic mass is 35.5. The number of nitrogens with two attached hydrogens (primary N) is 1. The molecule has 480 valence electrons. The molecule has 0 bridgehead atoms. The number of aliphatic hydroxyl groups is 2. The fourth-order valence-electron chi connectivity index (χ4n) is 17.5. The molecular weight excluding hydrogens is 1230 g/mol. The summed E-state index contributed by atoms with van der Waals surface area (Å²) in [4.78, 5) is 64.6. The fraction of sp³-hybridized carbons (Fsp3) is 0.612. The molecular formula is C67H84Cl5F2N5O9. The van der Waals surface area contributed by atoms with Crippen LogP contribution in [0.25, 0.3) is 0 Å². The summed E-state index contributed by atoms with van der Waals surface area (Å²) in [6.45, 7) is 8.95. The number of hydrogen-bond donors (Lipinski definition) is 6. The number of hydrogen-bond acceptors (Lipinski definition) is 11. The largest absolute Gasteiger partial charge is 0.481 e. The molecule has 0 radical (unpaired) electrons. The number of ether oxygens (including phenoxy) is 2. The van der Waals surface area contributed by atoms with Crippen molar-refractivity contribution in [2.45, 2.75) is 190 Å². The lowest BCUT2D eigenvalue weighted by atomic mass is 9.51. The van der Waals surface area contributed by atoms with Crippen molar-refractivity contribution in [2.75, 3.05) is 38.1 Å². The van der Waals surface area contributed by atoms with E-state index >= 15 is 8.78 Å². The molecule has 8 aliphatic rings. The number of anilines is 2. The topological polar surface area (TPSA) is 223 Å². The van der Waals surface area contributed by atoms with Crippen molar-refractivity contribution in [3.63, 3.8) is 0 Å². The number of nitrogens with zero attached hydrogens (tertiary/aromatic N) is 2. The lowest BCUT2D eigenvalue weighted by Crippen LogP contribution is -2.52. The molecule has 0 saturated heterocycles. The minimum absolute atomic E-state index is 0. The third-order valence-electron chi connectivity index (χ3n) is 22.8. The first-order chi connectivity index (χ1) is 41.2. The van der Waals surface area contributed by atoms with Crippen LogP contribution in [0.15, 0.2) is 60.7 Å². The zero-order valence-electron chi connectivity index (χ0n) is 51.0. The fourth-order valence-corrected chi connectivity index (χ4v) is 18.2. The van der Waals surface area contributed by atoms with Gasteiger partial charge in [-0.1, -0.05) is 110 Å². The Kier molecular flexibility index (Phi) is 20.0. The first-order valence-electron chi connectivity index (χ1n) is 30.8. The molecule has 6 atom stereocenters. The molecule has 88 heavy (non-hydrogen) atoms. The van der Waals surface area contributed by atoms with Crippen molar-refractivity contribution in [1.82, 2.24) is 9.97 Å². The number of carboxylic acid groups (broad SMARTS) is 1. The Hall–Kier alpha value is -4.07. The second-order valence-corrected chi connectivity index (χ2v) is 29.8. The normalized spacial score (nSPS) is 31.8. The van der Waals surface area contributed by atoms with E-state index in [1.54, 1.807) is 56.7 Å². The van der Waals surface area contributed by atoms with Gasteiger partial charge in [0.05, 0.1) is 51.2 Å². The van der Waals surface area contributed by atoms with E-state index in [0.29, 0.717) is 72.9 Å². The second kappa shape index (κ2) is 25.8. The van der Waals surface area contributed by atoms with Gasteiger partial charge in [-0.2, -0.15) is 0 Å². The van der Waals surface area contributed by atoms with E-state index in [1.165, 1.54) is 12.1 Å². The first kappa shape index (κ1) is 68.3. The summed E-state index contributed by atoms with van der Waals surface area (Å²) in [5.41, 5.74) is 3.15. The average molecular weight is 1320 g/mol. The van der Waals surface area contributed by atoms with Gasteiger partial charge in [0.1, 0.15) is 39.4 Å². The molecule has 4 heterocycles. The number of ketones is 1. The van der Waals surface area contributed by atoms with Crippen molar-refractivity contribution in [3.05, 3.63) is 115 Å². The maximum atomic E-state index is 16.1. The Bertz CT molecular complexity index is 3270. The van der Waals surface area contributed by atoms with E-state index in [4.69, 9.17) is 66.7 Å². The number of carboxylic acids is 1. The van der Waals surface area contributed by atoms with E-state index in [2.05, 4.69) is 48.3 Å². The Balaban J connectivity index is 0.000000181. The lowest BCUT2D eigenvalue weighted by Gasteiger charge is -2.50. The SMILES string of the molecule is CC1(C)CCC2(CC1)C[C@@H](C(=O)O)[C@H](c1cccc(Cl)c1F)C21C(=O)Nc2nc(Cl)ccc21.COC1(CO)CCC(CC(=O)[C@@H]2CC3(CCC(C)(C)CC3)[C@@]3(C(=O)Nc4nc(Cl)ccc43)[C@H]2c2cccc(Cl)c2F)CC1.COC1(CO)CCC(N)CC1.Cl. The number of amides is 2. The molecule has 2 aromatic heterocycles. The van der Waals surface area contributed by atoms with Crippen LogP contribution >= 0.6 is 58.8 Å². The number of pyridine rings is 2. The highest BCUT2D eigenvalue weighted by Crippen LogP contribution is 2.74. The monoisotopic (exact) mass is 1320 g/mol. The van der Waals surface area contributed by atoms with E-state index in [0.717, 1.165) is 77.0 Å². The average Bonchev–Trinajstić information content (AvgIpc) is 1.51. The number of rotatable bonds is 10. The number of benzene rings is 2. The number of aliphatic carboxylic acids is 1. The summed E-state index contributed by atoms with van der Waals surface area (Å²) in [5.74, 6) is -5.14. The summed E-state index contributed by atoms with van der Waals surface area (Å²) in [6, 6.07) is 16.7. The van der Waals surface area contributed by atoms with Gasteiger partial charge in [0, 0.05) is 55.6 Å². The Morgan fingerprint density at radius 3 is 1.38 bits per heavy atom. The molecule has 2 aromatic carbocycles. The van der Waals surface area contributed by atoms with Crippen LogP contribution in [0.4, 0.5) is 20.4 Å². The number of halogens is 7. The molecule has 6 aliphatic carbocycles. The van der Waals surface area contributed by atoms with Gasteiger partial charge >= 0.3 is 5.97 Å². The molecule has 4 spiro atoms. The molecule has 12 rings (SSSR count). The van der Waals surface area contributed by atoms with Crippen LogP contribution in [0, 0.1) is 51.0 Å². The maximum absolute atomic E-state index is 16.1. The van der Waals surface area contributed by atoms with Gasteiger partial charge in [-0.3, -0.25) is 19.2 Å². The number of carbonyl (C=O) groups excluding carboxylic acids is 3. The number of fused-ring (bicyclic) bond motifs is 6. The van der Waals surface area contributed by atoms with Crippen molar-refractivity contribution in [3.8, 4) is 0 Å². The first-order valence-corrected chi connectivity index (χ1v) is 32.3. The van der Waals surface area contributed by atoms with Gasteiger partial charge in [0.25, 0.3) is 0 Å². The summed E-state index contributed by atoms with van der Waals surface area (Å²) in [5, 5.41) is 35.6. The van der Waals surface area contributed by atoms with Crippen LogP contribution in [0.5, 0.6) is 0 Å². The number of aliphatic hydroxyl groups excluding tert-OH is 2. The van der Waals surface area contributed by atoms with Gasteiger partial charge in [0.2, 0.25) is 11.8 Å². The predicted molar refractivity (Wildman–Crippen MR) is 340 cm³/mol. The Morgan fingerprint density at radius 1 is 0.602 bits per heavy atom. The van der Waals surface area contributed by atoms with E-state index in [9.17, 15) is 29.4 Å². The van der Waals surface area contributed by atoms with E-state index in [-0.39, 0.29) is 97.9 Å². The third-order valence-corrected chi connectivity index (χ3v) is 23.8. The van der Waals surface area contributed by atoms with E-state index in [1.807, 2.05) is 6.07 Å². The van der Waals surface area contributed by atoms with Crippen LogP contribution in [0.2, 0.25) is 20.4 Å². The number of methoxy groups -OCH3 is 2. The van der Waals surface area contributed by atoms with Crippen LogP contribution in [0.1, 0.15) is 184 Å². The third kappa shape index (κ3) is 11.7. The highest BCUT2D eigenvalue weighted by Gasteiger charge is 2.75. The standard InChI is InChI=1S/C34H41Cl2FN2O4.C25H25Cl2FN2O3.C8H17NO2.ClH/c1-31(2)13-15-32(16-14-31)18-22(25(41)17-20-9-11-33(19-40,43-3)12-10-20)27(21-5-4-6-24(35)28(21)37)34(32)23-7-8-26(36)38-29(23)39-30(34)42;1-23(2)8-10-24(11-9-23)12-14(21(31)32)18(13-4-3-5-16(26)19(13)28)25(24)15-6-7-17(27)29-20(15)30-22(25)33;1-11-8(6-10)4-2-7(9)3-5-8;/h4-8,20,22,27,40H,9-19H2,1-3H3,(H,38,39,42);3-7,14,18H,8-12H2,1-2H3,(H,31,32)(H,29,30,33);7,10H,2-6,9H2,1H3;1H/t20?,22-,27-,33?,34+;14-,18+,25?;;/m01../s1. The minimum atomic E-state index is -1.29. The zero-order valence-corrected chi connectivity index (χ0v) is 54.9. The van der Waals surface area contributed by atoms with Crippen LogP contribution in [-0.4, -0.2) is 93.5 Å². The minimum Gasteiger partial charge on any atom is -0.481 e. The predicted octanol–water partition coefficient (Wildman–Crippen LogP) is 14.5. The number of aromatic nitrogens is 2. The molecule has 2 aliphatic heterocycles. The molecule has 1 unspecified atom stereocenters. The molecule has 21 heteroatoms. The van der Waals surface area contributed by atoms with Crippen LogP contribution < -0.4 is 16.4 Å². The zero-order chi connectivity index (χ0) is 62.9. The number of carbonyl (C=O) groups is 4. The van der Waals surface area contributed by atoms with Crippen molar-refractivity contribution >= 4 is 94.0 Å². The van der Waals surface area contributed by atoms with Crippen molar-refractivity contribution in [2.24, 2.45) is 45.1 Å². The Labute approximate surface area is 541 Å². The van der Waals surface area contributed by atoms with Crippen LogP contribution in [0.3, 0.4) is 0 Å². The smallest absolute Gasteiger partial charge is 0.307 e. The van der Waals surface area contributed by atoms with Crippen LogP contribution in [-0.2, 0) is 39.5 Å². The molecule has 6 fully saturated rings. The molecule has 4 aromatic rings. The summed E-state index contributed by atoms with van der Waals surface area (Å²) >= 11 is 24.9. The Morgan fingerprint density at radius 2 is 0.989 bits per heavy atom. The van der Waals surface area contributed by atoms with Gasteiger partial charge in [-0.15, -0.1) is 12.4 Å². The van der Waals surface area contributed by atoms with Gasteiger partial charge in [-0.05, 0) is 179 Å². The number of nitrogens with one attached hydrogen (secondary N) is 2. The van der Waals surface area contributed by atoms with Crippen molar-refractivity contribution in [1.29, 1.82) is 0 Å². The summed E-state index contributed by atoms with van der Waals surface area (Å²) < 4.78 is 42.5. The summed E-state index contributed by atoms with van der Waals surface area (Å²) in [7, 11) is 3.29. The molecule has 2 amide bonds. The quantitative estimate of drug-likeness (QED) is 0.0816. The maximum Gasteiger partial charge on any atom is 0.307 e. The molecule has 7 N–H and O–H groups in total. The van der Waals surface area contributed by atoms with E-state index < -0.39 is 68.5 Å². The van der Waals surface area contributed by atoms with Gasteiger partial charge < -0.3 is 41.2 Å². The molecule has 14 nitrogen and oxygen atoms in total. The number of Topliss-reactive ketones (excluding diaryl/α,β-unsaturated/α-hetero) is 1. The lowest BCUT2D eigenvalue weighted by molar-refractivity contribution is -0.142. The van der Waals surface area contributed by atoms with Gasteiger partial charge in [0.15, 0.2) is 0 Å². The van der Waals surface area contributed by atoms with Crippen molar-refractivity contribution < 1.29 is 52.8 Å². The highest BCUT2D eigenvalue weighted by molar-refractivity contribution is 6.31. The molecule has 6 saturated carbocycles.